The second-order valence-corrected chi connectivity index (χ2v) is 5.95. The van der Waals surface area contributed by atoms with Gasteiger partial charge >= 0.3 is 0 Å². The number of amides is 1. The van der Waals surface area contributed by atoms with Gasteiger partial charge in [0.25, 0.3) is 5.91 Å². The molecule has 2 unspecified atom stereocenters. The van der Waals surface area contributed by atoms with E-state index in [4.69, 9.17) is 5.73 Å². The number of fused-ring (bicyclic) bond motifs is 1. The molecule has 2 atom stereocenters. The number of rotatable bonds is 2. The van der Waals surface area contributed by atoms with Crippen molar-refractivity contribution in [3.8, 4) is 0 Å². The number of nitrogens with two attached hydrogens (primary N) is 1. The van der Waals surface area contributed by atoms with Gasteiger partial charge in [-0.25, -0.2) is 0 Å². The minimum atomic E-state index is -0.0831. The van der Waals surface area contributed by atoms with Crippen LogP contribution >= 0.6 is 0 Å². The van der Waals surface area contributed by atoms with Gasteiger partial charge < -0.3 is 16.0 Å². The van der Waals surface area contributed by atoms with Crippen molar-refractivity contribution < 1.29 is 4.79 Å². The van der Waals surface area contributed by atoms with Crippen LogP contribution in [0.5, 0.6) is 0 Å². The van der Waals surface area contributed by atoms with E-state index in [1.54, 1.807) is 13.1 Å². The number of hydrogen-bond acceptors (Lipinski definition) is 3. The molecule has 4 nitrogen and oxygen atoms in total. The Morgan fingerprint density at radius 3 is 2.85 bits per heavy atom. The molecule has 0 aromatic heterocycles. The molecule has 4 heteroatoms. The van der Waals surface area contributed by atoms with E-state index in [0.717, 1.165) is 23.8 Å². The average molecular weight is 273 g/mol. The van der Waals surface area contributed by atoms with Crippen LogP contribution in [-0.4, -0.2) is 25.5 Å². The van der Waals surface area contributed by atoms with E-state index < -0.39 is 0 Å². The lowest BCUT2D eigenvalue weighted by Gasteiger charge is -2.33. The fourth-order valence-electron chi connectivity index (χ4n) is 3.81. The summed E-state index contributed by atoms with van der Waals surface area (Å²) in [4.78, 5) is 14.1. The molecule has 1 aliphatic carbocycles. The van der Waals surface area contributed by atoms with Gasteiger partial charge in [0.2, 0.25) is 0 Å². The molecule has 0 spiro atoms. The van der Waals surface area contributed by atoms with Gasteiger partial charge in [0.15, 0.2) is 0 Å². The zero-order valence-corrected chi connectivity index (χ0v) is 12.1. The van der Waals surface area contributed by atoms with E-state index in [2.05, 4.69) is 10.2 Å². The zero-order chi connectivity index (χ0) is 14.1. The van der Waals surface area contributed by atoms with Crippen LogP contribution in [-0.2, 0) is 0 Å². The minimum Gasteiger partial charge on any atom is -0.397 e. The molecule has 1 amide bonds. The van der Waals surface area contributed by atoms with Gasteiger partial charge in [-0.1, -0.05) is 12.8 Å². The number of carbonyl (C=O) groups excluding carboxylic acids is 1. The highest BCUT2D eigenvalue weighted by Crippen LogP contribution is 2.40. The molecule has 1 aliphatic heterocycles. The van der Waals surface area contributed by atoms with Crippen LogP contribution in [0.15, 0.2) is 18.2 Å². The number of benzene rings is 1. The Balaban J connectivity index is 1.85. The minimum absolute atomic E-state index is 0.0831. The average Bonchev–Trinajstić information content (AvgIpc) is 2.90. The summed E-state index contributed by atoms with van der Waals surface area (Å²) in [5.74, 6) is 0.752. The molecule has 1 saturated heterocycles. The standard InChI is InChI=1S/C16H23N3O/c1-18-16(20)12-6-7-15(13(17)10-12)19-9-8-11-4-2-3-5-14(11)19/h6-7,10-11,14H,2-5,8-9,17H2,1H3,(H,18,20). The summed E-state index contributed by atoms with van der Waals surface area (Å²) in [6.45, 7) is 1.10. The number of nitrogens with zero attached hydrogens (tertiary/aromatic N) is 1. The second-order valence-electron chi connectivity index (χ2n) is 5.95. The Hall–Kier alpha value is -1.71. The molecule has 1 saturated carbocycles. The first kappa shape index (κ1) is 13.3. The first-order valence-corrected chi connectivity index (χ1v) is 7.59. The first-order valence-electron chi connectivity index (χ1n) is 7.59. The van der Waals surface area contributed by atoms with Crippen molar-refractivity contribution in [1.82, 2.24) is 5.32 Å². The second kappa shape index (κ2) is 5.35. The topological polar surface area (TPSA) is 58.4 Å². The van der Waals surface area contributed by atoms with Crippen molar-refractivity contribution in [1.29, 1.82) is 0 Å². The summed E-state index contributed by atoms with van der Waals surface area (Å²) < 4.78 is 0. The van der Waals surface area contributed by atoms with Crippen molar-refractivity contribution in [2.45, 2.75) is 38.1 Å². The highest BCUT2D eigenvalue weighted by molar-refractivity contribution is 5.96. The lowest BCUT2D eigenvalue weighted by Crippen LogP contribution is -2.35. The Bertz CT molecular complexity index is 514. The van der Waals surface area contributed by atoms with Gasteiger partial charge in [-0.05, 0) is 43.4 Å². The summed E-state index contributed by atoms with van der Waals surface area (Å²) in [6.07, 6.45) is 6.62. The fraction of sp³-hybridized carbons (Fsp3) is 0.562. The molecule has 0 bridgehead atoms. The van der Waals surface area contributed by atoms with Crippen LogP contribution in [0.2, 0.25) is 0 Å². The highest BCUT2D eigenvalue weighted by Gasteiger charge is 2.36. The maximum absolute atomic E-state index is 11.6. The summed E-state index contributed by atoms with van der Waals surface area (Å²) in [6, 6.07) is 6.33. The summed E-state index contributed by atoms with van der Waals surface area (Å²) >= 11 is 0. The molecule has 1 aromatic carbocycles. The number of anilines is 2. The molecule has 2 fully saturated rings. The molecule has 2 aliphatic rings. The van der Waals surface area contributed by atoms with Crippen molar-refractivity contribution in [3.63, 3.8) is 0 Å². The van der Waals surface area contributed by atoms with Gasteiger partial charge in [0.05, 0.1) is 11.4 Å². The molecule has 1 heterocycles. The van der Waals surface area contributed by atoms with Crippen molar-refractivity contribution in [3.05, 3.63) is 23.8 Å². The Labute approximate surface area is 120 Å². The number of carbonyl (C=O) groups is 1. The highest BCUT2D eigenvalue weighted by atomic mass is 16.1. The van der Waals surface area contributed by atoms with Gasteiger partial charge in [-0.3, -0.25) is 4.79 Å². The van der Waals surface area contributed by atoms with Crippen LogP contribution in [0.1, 0.15) is 42.5 Å². The molecule has 20 heavy (non-hydrogen) atoms. The summed E-state index contributed by atoms with van der Waals surface area (Å²) in [5, 5.41) is 2.63. The Kier molecular flexibility index (Phi) is 3.55. The van der Waals surface area contributed by atoms with Crippen LogP contribution in [0.3, 0.4) is 0 Å². The quantitative estimate of drug-likeness (QED) is 0.813. The SMILES string of the molecule is CNC(=O)c1ccc(N2CCC3CCCCC32)c(N)c1. The smallest absolute Gasteiger partial charge is 0.251 e. The van der Waals surface area contributed by atoms with Crippen molar-refractivity contribution in [2.75, 3.05) is 24.2 Å². The molecule has 1 aromatic rings. The third kappa shape index (κ3) is 2.23. The van der Waals surface area contributed by atoms with Gasteiger partial charge in [-0.2, -0.15) is 0 Å². The molecule has 0 radical (unpaired) electrons. The maximum Gasteiger partial charge on any atom is 0.251 e. The maximum atomic E-state index is 11.6. The summed E-state index contributed by atoms with van der Waals surface area (Å²) in [7, 11) is 1.64. The van der Waals surface area contributed by atoms with E-state index in [-0.39, 0.29) is 5.91 Å². The van der Waals surface area contributed by atoms with Gasteiger partial charge in [0, 0.05) is 25.2 Å². The van der Waals surface area contributed by atoms with Crippen LogP contribution in [0.4, 0.5) is 11.4 Å². The van der Waals surface area contributed by atoms with E-state index in [1.165, 1.54) is 32.1 Å². The number of nitrogen functional groups attached to an aromatic ring is 1. The molecular weight excluding hydrogens is 250 g/mol. The Morgan fingerprint density at radius 1 is 1.30 bits per heavy atom. The Morgan fingerprint density at radius 2 is 2.10 bits per heavy atom. The molecule has 3 N–H and O–H groups in total. The zero-order valence-electron chi connectivity index (χ0n) is 12.1. The first-order chi connectivity index (χ1) is 9.70. The van der Waals surface area contributed by atoms with Crippen LogP contribution in [0.25, 0.3) is 0 Å². The van der Waals surface area contributed by atoms with E-state index in [1.807, 2.05) is 12.1 Å². The van der Waals surface area contributed by atoms with Crippen molar-refractivity contribution >= 4 is 17.3 Å². The normalized spacial score (nSPS) is 25.4. The largest absolute Gasteiger partial charge is 0.397 e. The molecular formula is C16H23N3O. The van der Waals surface area contributed by atoms with E-state index in [0.29, 0.717) is 11.6 Å². The van der Waals surface area contributed by atoms with Gasteiger partial charge in [0.1, 0.15) is 0 Å². The van der Waals surface area contributed by atoms with E-state index in [9.17, 15) is 4.79 Å². The fourth-order valence-corrected chi connectivity index (χ4v) is 3.81. The summed E-state index contributed by atoms with van der Waals surface area (Å²) in [5.41, 5.74) is 8.65. The molecule has 108 valence electrons. The predicted octanol–water partition coefficient (Wildman–Crippen LogP) is 2.40. The predicted molar refractivity (Wildman–Crippen MR) is 82.0 cm³/mol. The lowest BCUT2D eigenvalue weighted by atomic mass is 9.85. The van der Waals surface area contributed by atoms with Crippen LogP contribution < -0.4 is 16.0 Å². The molecule has 3 rings (SSSR count). The monoisotopic (exact) mass is 273 g/mol. The lowest BCUT2D eigenvalue weighted by molar-refractivity contribution is 0.0963. The number of nitrogens with one attached hydrogen (secondary N) is 1. The third-order valence-electron chi connectivity index (χ3n) is 4.84. The van der Waals surface area contributed by atoms with E-state index >= 15 is 0 Å². The third-order valence-corrected chi connectivity index (χ3v) is 4.84. The number of hydrogen-bond donors (Lipinski definition) is 2. The van der Waals surface area contributed by atoms with Gasteiger partial charge in [-0.15, -0.1) is 0 Å². The van der Waals surface area contributed by atoms with Crippen molar-refractivity contribution in [2.24, 2.45) is 5.92 Å². The van der Waals surface area contributed by atoms with Crippen LogP contribution in [0, 0.1) is 5.92 Å².